The van der Waals surface area contributed by atoms with Crippen molar-refractivity contribution in [1.29, 1.82) is 0 Å². The van der Waals surface area contributed by atoms with E-state index in [0.717, 1.165) is 18.3 Å². The highest BCUT2D eigenvalue weighted by atomic mass is 79.9. The normalized spacial score (nSPS) is 9.92. The molecule has 3 nitrogen and oxygen atoms in total. The van der Waals surface area contributed by atoms with Crippen LogP contribution >= 0.6 is 15.9 Å². The number of nitrogens with one attached hydrogen (secondary N) is 1. The number of hydrogen-bond donors (Lipinski definition) is 1. The third kappa shape index (κ3) is 24.5. The van der Waals surface area contributed by atoms with Crippen molar-refractivity contribution in [1.82, 2.24) is 5.32 Å². The van der Waals surface area contributed by atoms with Crippen molar-refractivity contribution in [2.75, 3.05) is 19.0 Å². The van der Waals surface area contributed by atoms with Crippen molar-refractivity contribution in [3.63, 3.8) is 0 Å². The molecule has 0 aromatic carbocycles. The zero-order chi connectivity index (χ0) is 10.7. The van der Waals surface area contributed by atoms with Crippen LogP contribution in [0.2, 0.25) is 0 Å². The molecule has 0 aliphatic rings. The second-order valence-electron chi connectivity index (χ2n) is 3.43. The largest absolute Gasteiger partial charge is 0.379 e. The average molecular weight is 254 g/mol. The lowest BCUT2D eigenvalue weighted by atomic mass is 10.2. The molecule has 0 rings (SSSR count). The fourth-order valence-corrected chi connectivity index (χ4v) is 0.508. The molecule has 0 radical (unpaired) electrons. The number of rotatable bonds is 4. The standard InChI is InChI=1S/C5H12O.C4H8BrNO/c1-5(2,3)6-4;5-2-1-3-6-4-7/h1-4H3;4H,1-3H2,(H,6,7). The summed E-state index contributed by atoms with van der Waals surface area (Å²) in [6, 6.07) is 0. The summed E-state index contributed by atoms with van der Waals surface area (Å²) >= 11 is 3.22. The molecule has 0 spiro atoms. The maximum Gasteiger partial charge on any atom is 0.207 e. The van der Waals surface area contributed by atoms with Crippen LogP contribution < -0.4 is 5.32 Å². The summed E-state index contributed by atoms with van der Waals surface area (Å²) in [5, 5.41) is 3.49. The first kappa shape index (κ1) is 15.4. The van der Waals surface area contributed by atoms with Crippen LogP contribution in [0.5, 0.6) is 0 Å². The first-order valence-electron chi connectivity index (χ1n) is 4.26. The van der Waals surface area contributed by atoms with Gasteiger partial charge in [0.1, 0.15) is 0 Å². The van der Waals surface area contributed by atoms with Crippen LogP contribution in [0.3, 0.4) is 0 Å². The summed E-state index contributed by atoms with van der Waals surface area (Å²) in [6.07, 6.45) is 1.71. The van der Waals surface area contributed by atoms with E-state index in [9.17, 15) is 4.79 Å². The predicted octanol–water partition coefficient (Wildman–Crippen LogP) is 1.95. The summed E-state index contributed by atoms with van der Waals surface area (Å²) in [5.74, 6) is 0. The van der Waals surface area contributed by atoms with E-state index in [1.54, 1.807) is 7.11 Å². The maximum atomic E-state index is 9.55. The van der Waals surface area contributed by atoms with Gasteiger partial charge in [-0.25, -0.2) is 0 Å². The Balaban J connectivity index is 0. The summed E-state index contributed by atoms with van der Waals surface area (Å²) in [7, 11) is 1.71. The SMILES string of the molecule is COC(C)(C)C.O=CNCCCBr. The van der Waals surface area contributed by atoms with E-state index in [2.05, 4.69) is 21.2 Å². The fourth-order valence-electron chi connectivity index (χ4n) is 0.228. The number of alkyl halides is 1. The quantitative estimate of drug-likeness (QED) is 0.473. The molecular formula is C9H20BrNO2. The van der Waals surface area contributed by atoms with Crippen LogP contribution in [0.4, 0.5) is 0 Å². The molecule has 80 valence electrons. The highest BCUT2D eigenvalue weighted by molar-refractivity contribution is 9.09. The Bertz CT molecular complexity index is 113. The predicted molar refractivity (Wildman–Crippen MR) is 59.2 cm³/mol. The van der Waals surface area contributed by atoms with Crippen molar-refractivity contribution >= 4 is 22.3 Å². The van der Waals surface area contributed by atoms with Crippen molar-refractivity contribution in [2.45, 2.75) is 32.8 Å². The van der Waals surface area contributed by atoms with Crippen molar-refractivity contribution in [3.05, 3.63) is 0 Å². The number of halogens is 1. The Hall–Kier alpha value is -0.0900. The molecule has 4 heteroatoms. The highest BCUT2D eigenvalue weighted by Crippen LogP contribution is 2.02. The van der Waals surface area contributed by atoms with Gasteiger partial charge in [0, 0.05) is 19.0 Å². The smallest absolute Gasteiger partial charge is 0.207 e. The monoisotopic (exact) mass is 253 g/mol. The van der Waals surface area contributed by atoms with Gasteiger partial charge in [0.15, 0.2) is 0 Å². The van der Waals surface area contributed by atoms with Gasteiger partial charge in [0.2, 0.25) is 6.41 Å². The van der Waals surface area contributed by atoms with E-state index in [1.165, 1.54) is 0 Å². The van der Waals surface area contributed by atoms with Crippen molar-refractivity contribution < 1.29 is 9.53 Å². The molecule has 0 aliphatic heterocycles. The molecule has 1 N–H and O–H groups in total. The Morgan fingerprint density at radius 1 is 1.46 bits per heavy atom. The second-order valence-corrected chi connectivity index (χ2v) is 4.22. The summed E-state index contributed by atoms with van der Waals surface area (Å²) < 4.78 is 4.94. The molecular weight excluding hydrogens is 234 g/mol. The van der Waals surface area contributed by atoms with Crippen LogP contribution in [-0.4, -0.2) is 31.0 Å². The van der Waals surface area contributed by atoms with Gasteiger partial charge in [-0.05, 0) is 27.2 Å². The Morgan fingerprint density at radius 3 is 2.15 bits per heavy atom. The van der Waals surface area contributed by atoms with Gasteiger partial charge in [-0.3, -0.25) is 4.79 Å². The van der Waals surface area contributed by atoms with E-state index in [-0.39, 0.29) is 5.60 Å². The zero-order valence-electron chi connectivity index (χ0n) is 8.89. The highest BCUT2D eigenvalue weighted by Gasteiger charge is 2.03. The van der Waals surface area contributed by atoms with E-state index >= 15 is 0 Å². The minimum absolute atomic E-state index is 0.0417. The number of hydrogen-bond acceptors (Lipinski definition) is 2. The van der Waals surface area contributed by atoms with Crippen LogP contribution in [0.15, 0.2) is 0 Å². The topological polar surface area (TPSA) is 38.3 Å². The number of amides is 1. The molecule has 0 heterocycles. The average Bonchev–Trinajstić information content (AvgIpc) is 2.06. The first-order chi connectivity index (χ1) is 5.97. The molecule has 0 fully saturated rings. The van der Waals surface area contributed by atoms with Gasteiger partial charge in [-0.2, -0.15) is 0 Å². The lowest BCUT2D eigenvalue weighted by Crippen LogP contribution is -2.15. The van der Waals surface area contributed by atoms with Crippen molar-refractivity contribution in [3.8, 4) is 0 Å². The third-order valence-electron chi connectivity index (χ3n) is 1.15. The molecule has 0 bridgehead atoms. The number of methoxy groups -OCH3 is 1. The Morgan fingerprint density at radius 2 is 1.92 bits per heavy atom. The van der Waals surface area contributed by atoms with Crippen LogP contribution in [0.1, 0.15) is 27.2 Å². The summed E-state index contributed by atoms with van der Waals surface area (Å²) in [5.41, 5.74) is 0.0417. The fraction of sp³-hybridized carbons (Fsp3) is 0.889. The molecule has 0 saturated heterocycles. The second kappa shape index (κ2) is 9.99. The number of carbonyl (C=O) groups excluding carboxylic acids is 1. The summed E-state index contributed by atoms with van der Waals surface area (Å²) in [4.78, 5) is 9.55. The van der Waals surface area contributed by atoms with Gasteiger partial charge >= 0.3 is 0 Å². The van der Waals surface area contributed by atoms with Crippen molar-refractivity contribution in [2.24, 2.45) is 0 Å². The Labute approximate surface area is 89.4 Å². The lowest BCUT2D eigenvalue weighted by molar-refractivity contribution is -0.109. The summed E-state index contributed by atoms with van der Waals surface area (Å²) in [6.45, 7) is 6.84. The zero-order valence-corrected chi connectivity index (χ0v) is 10.5. The molecule has 0 saturated carbocycles. The van der Waals surface area contributed by atoms with E-state index in [0.29, 0.717) is 6.41 Å². The molecule has 13 heavy (non-hydrogen) atoms. The molecule has 0 atom stereocenters. The molecule has 0 unspecified atom stereocenters. The van der Waals surface area contributed by atoms with Crippen LogP contribution in [-0.2, 0) is 9.53 Å². The van der Waals surface area contributed by atoms with Gasteiger partial charge in [0.05, 0.1) is 5.60 Å². The van der Waals surface area contributed by atoms with Gasteiger partial charge in [-0.15, -0.1) is 0 Å². The molecule has 0 aliphatic carbocycles. The van der Waals surface area contributed by atoms with Crippen LogP contribution in [0, 0.1) is 0 Å². The first-order valence-corrected chi connectivity index (χ1v) is 5.38. The van der Waals surface area contributed by atoms with Crippen LogP contribution in [0.25, 0.3) is 0 Å². The van der Waals surface area contributed by atoms with Gasteiger partial charge in [-0.1, -0.05) is 15.9 Å². The molecule has 1 amide bonds. The third-order valence-corrected chi connectivity index (χ3v) is 1.71. The number of carbonyl (C=O) groups is 1. The van der Waals surface area contributed by atoms with E-state index in [4.69, 9.17) is 4.74 Å². The molecule has 0 aromatic heterocycles. The van der Waals surface area contributed by atoms with Gasteiger partial charge < -0.3 is 10.1 Å². The van der Waals surface area contributed by atoms with E-state index < -0.39 is 0 Å². The lowest BCUT2D eigenvalue weighted by Gasteiger charge is -2.14. The number of ether oxygens (including phenoxy) is 1. The van der Waals surface area contributed by atoms with E-state index in [1.807, 2.05) is 20.8 Å². The molecule has 0 aromatic rings. The Kier molecular flexibility index (Phi) is 11.8. The van der Waals surface area contributed by atoms with Gasteiger partial charge in [0.25, 0.3) is 0 Å². The minimum Gasteiger partial charge on any atom is -0.379 e. The minimum atomic E-state index is 0.0417. The maximum absolute atomic E-state index is 9.55.